The highest BCUT2D eigenvalue weighted by molar-refractivity contribution is 6.08. The van der Waals surface area contributed by atoms with Gasteiger partial charge in [0.1, 0.15) is 5.82 Å². The van der Waals surface area contributed by atoms with Crippen LogP contribution in [0.5, 0.6) is 5.75 Å². The van der Waals surface area contributed by atoms with Crippen molar-refractivity contribution in [1.29, 1.82) is 0 Å². The highest BCUT2D eigenvalue weighted by atomic mass is 19.1. The zero-order chi connectivity index (χ0) is 25.5. The van der Waals surface area contributed by atoms with E-state index in [1.807, 2.05) is 22.1 Å². The smallest absolute Gasteiger partial charge is 0.409 e. The number of nitrogens with zero attached hydrogens (tertiary/aromatic N) is 4. The largest absolute Gasteiger partial charge is 0.415 e. The van der Waals surface area contributed by atoms with E-state index in [9.17, 15) is 14.0 Å². The summed E-state index contributed by atoms with van der Waals surface area (Å²) in [5.41, 5.74) is 2.39. The van der Waals surface area contributed by atoms with E-state index in [1.165, 1.54) is 29.3 Å². The molecule has 0 bridgehead atoms. The molecule has 1 N–H and O–H groups in total. The van der Waals surface area contributed by atoms with Crippen molar-refractivity contribution in [2.45, 2.75) is 6.54 Å². The number of amides is 2. The van der Waals surface area contributed by atoms with E-state index in [2.05, 4.69) is 10.3 Å². The Balaban J connectivity index is 1.38. The van der Waals surface area contributed by atoms with Crippen LogP contribution in [-0.2, 0) is 11.4 Å². The molecule has 2 amide bonds. The SMILES string of the molecule is CON1CCN(c2cc(F)ccc2C(=O)Nc2ccc(CN(C)C(=O)Oc3cccnc3)cc2)CC1. The number of hydrogen-bond acceptors (Lipinski definition) is 7. The van der Waals surface area contributed by atoms with Crippen LogP contribution >= 0.6 is 0 Å². The third-order valence-corrected chi connectivity index (χ3v) is 5.82. The molecule has 3 aromatic rings. The van der Waals surface area contributed by atoms with Crippen molar-refractivity contribution in [3.8, 4) is 5.75 Å². The summed E-state index contributed by atoms with van der Waals surface area (Å²) in [6.07, 6.45) is 2.56. The van der Waals surface area contributed by atoms with Gasteiger partial charge in [-0.15, -0.1) is 0 Å². The monoisotopic (exact) mass is 493 g/mol. The van der Waals surface area contributed by atoms with Crippen molar-refractivity contribution in [3.63, 3.8) is 0 Å². The number of halogens is 1. The molecule has 1 aliphatic rings. The molecule has 1 aliphatic heterocycles. The molecule has 36 heavy (non-hydrogen) atoms. The first kappa shape index (κ1) is 25.1. The average molecular weight is 494 g/mol. The summed E-state index contributed by atoms with van der Waals surface area (Å²) >= 11 is 0. The van der Waals surface area contributed by atoms with E-state index in [4.69, 9.17) is 9.57 Å². The van der Waals surface area contributed by atoms with Gasteiger partial charge in [-0.1, -0.05) is 12.1 Å². The van der Waals surface area contributed by atoms with Gasteiger partial charge in [0.15, 0.2) is 5.75 Å². The minimum absolute atomic E-state index is 0.322. The number of pyridine rings is 1. The Morgan fingerprint density at radius 1 is 1.08 bits per heavy atom. The van der Waals surface area contributed by atoms with Gasteiger partial charge in [-0.05, 0) is 48.0 Å². The second-order valence-electron chi connectivity index (χ2n) is 8.32. The van der Waals surface area contributed by atoms with E-state index < -0.39 is 11.9 Å². The van der Waals surface area contributed by atoms with Crippen LogP contribution in [0.1, 0.15) is 15.9 Å². The Bertz CT molecular complexity index is 1180. The van der Waals surface area contributed by atoms with Crippen LogP contribution in [0.3, 0.4) is 0 Å². The molecule has 9 nitrogen and oxygen atoms in total. The van der Waals surface area contributed by atoms with Gasteiger partial charge in [0.05, 0.1) is 24.6 Å². The number of benzene rings is 2. The summed E-state index contributed by atoms with van der Waals surface area (Å²) in [4.78, 5) is 37.9. The molecule has 2 aromatic carbocycles. The molecule has 188 valence electrons. The van der Waals surface area contributed by atoms with Crippen molar-refractivity contribution in [2.24, 2.45) is 0 Å². The summed E-state index contributed by atoms with van der Waals surface area (Å²) in [7, 11) is 3.25. The van der Waals surface area contributed by atoms with Gasteiger partial charge in [-0.2, -0.15) is 5.06 Å². The van der Waals surface area contributed by atoms with Crippen LogP contribution in [0.4, 0.5) is 20.6 Å². The molecule has 10 heteroatoms. The predicted octanol–water partition coefficient (Wildman–Crippen LogP) is 3.79. The molecular formula is C26H28FN5O4. The molecule has 2 heterocycles. The van der Waals surface area contributed by atoms with Gasteiger partial charge in [0.2, 0.25) is 0 Å². The number of anilines is 2. The number of rotatable bonds is 7. The summed E-state index contributed by atoms with van der Waals surface area (Å²) in [6.45, 7) is 2.86. The number of hydrogen-bond donors (Lipinski definition) is 1. The molecule has 1 aromatic heterocycles. The summed E-state index contributed by atoms with van der Waals surface area (Å²) in [5.74, 6) is -0.358. The normalized spacial score (nSPS) is 13.8. The predicted molar refractivity (Wildman–Crippen MR) is 133 cm³/mol. The van der Waals surface area contributed by atoms with Crippen LogP contribution in [0, 0.1) is 5.82 Å². The lowest BCUT2D eigenvalue weighted by molar-refractivity contribution is -0.133. The van der Waals surface area contributed by atoms with Gasteiger partial charge >= 0.3 is 6.09 Å². The number of hydroxylamine groups is 2. The fourth-order valence-corrected chi connectivity index (χ4v) is 3.89. The van der Waals surface area contributed by atoms with E-state index in [1.54, 1.807) is 44.6 Å². The third-order valence-electron chi connectivity index (χ3n) is 5.82. The van der Waals surface area contributed by atoms with Crippen LogP contribution in [-0.4, -0.2) is 67.3 Å². The fourth-order valence-electron chi connectivity index (χ4n) is 3.89. The summed E-state index contributed by atoms with van der Waals surface area (Å²) < 4.78 is 19.3. The Morgan fingerprint density at radius 2 is 1.83 bits per heavy atom. The van der Waals surface area contributed by atoms with Gasteiger partial charge in [0, 0.05) is 51.7 Å². The Morgan fingerprint density at radius 3 is 2.50 bits per heavy atom. The van der Waals surface area contributed by atoms with Crippen LogP contribution < -0.4 is 15.0 Å². The lowest BCUT2D eigenvalue weighted by Crippen LogP contribution is -2.46. The highest BCUT2D eigenvalue weighted by Gasteiger charge is 2.22. The van der Waals surface area contributed by atoms with Gasteiger partial charge in [0.25, 0.3) is 5.91 Å². The van der Waals surface area contributed by atoms with Crippen molar-refractivity contribution in [3.05, 3.63) is 83.9 Å². The maximum Gasteiger partial charge on any atom is 0.415 e. The maximum absolute atomic E-state index is 14.0. The van der Waals surface area contributed by atoms with Crippen LogP contribution in [0.15, 0.2) is 67.0 Å². The number of piperazine rings is 1. The molecule has 0 saturated carbocycles. The van der Waals surface area contributed by atoms with Crippen LogP contribution in [0.25, 0.3) is 0 Å². The fraction of sp³-hybridized carbons (Fsp3) is 0.269. The maximum atomic E-state index is 14.0. The number of nitrogens with one attached hydrogen (secondary N) is 1. The molecule has 1 fully saturated rings. The summed E-state index contributed by atoms with van der Waals surface area (Å²) in [6, 6.07) is 14.7. The van der Waals surface area contributed by atoms with E-state index in [0.29, 0.717) is 55.4 Å². The minimum atomic E-state index is -0.504. The van der Waals surface area contributed by atoms with E-state index in [0.717, 1.165) is 5.56 Å². The Hall–Kier alpha value is -4.02. The van der Waals surface area contributed by atoms with Gasteiger partial charge in [-0.3, -0.25) is 9.78 Å². The topological polar surface area (TPSA) is 87.2 Å². The van der Waals surface area contributed by atoms with Crippen molar-refractivity contribution < 1.29 is 23.6 Å². The average Bonchev–Trinajstić information content (AvgIpc) is 2.90. The molecule has 0 radical (unpaired) electrons. The van der Waals surface area contributed by atoms with Gasteiger partial charge < -0.3 is 24.7 Å². The third kappa shape index (κ3) is 6.35. The molecule has 0 aliphatic carbocycles. The second-order valence-corrected chi connectivity index (χ2v) is 8.32. The van der Waals surface area contributed by atoms with E-state index >= 15 is 0 Å². The van der Waals surface area contributed by atoms with Gasteiger partial charge in [-0.25, -0.2) is 9.18 Å². The van der Waals surface area contributed by atoms with Crippen molar-refractivity contribution in [2.75, 3.05) is 50.6 Å². The standard InChI is InChI=1S/C26H28FN5O4/c1-30(26(34)36-22-4-3-11-28-17-22)18-19-5-8-21(9-6-19)29-25(33)23-10-7-20(27)16-24(23)31-12-14-32(35-2)15-13-31/h3-11,16-17H,12-15,18H2,1-2H3,(H,29,33). The zero-order valence-electron chi connectivity index (χ0n) is 20.2. The molecule has 0 unspecified atom stereocenters. The van der Waals surface area contributed by atoms with E-state index in [-0.39, 0.29) is 5.91 Å². The quantitative estimate of drug-likeness (QED) is 0.536. The zero-order valence-corrected chi connectivity index (χ0v) is 20.2. The first-order chi connectivity index (χ1) is 17.4. The van der Waals surface area contributed by atoms with Crippen molar-refractivity contribution in [1.82, 2.24) is 14.9 Å². The highest BCUT2D eigenvalue weighted by Crippen LogP contribution is 2.25. The molecule has 0 atom stereocenters. The van der Waals surface area contributed by atoms with Crippen molar-refractivity contribution >= 4 is 23.4 Å². The molecule has 1 saturated heterocycles. The molecular weight excluding hydrogens is 465 g/mol. The lowest BCUT2D eigenvalue weighted by atomic mass is 10.1. The Kier molecular flexibility index (Phi) is 8.09. The minimum Gasteiger partial charge on any atom is -0.409 e. The number of aromatic nitrogens is 1. The first-order valence-corrected chi connectivity index (χ1v) is 11.5. The number of ether oxygens (including phenoxy) is 1. The number of carbonyl (C=O) groups excluding carboxylic acids is 2. The second kappa shape index (κ2) is 11.6. The van der Waals surface area contributed by atoms with Crippen LogP contribution in [0.2, 0.25) is 0 Å². The summed E-state index contributed by atoms with van der Waals surface area (Å²) in [5, 5.41) is 4.70. The molecule has 0 spiro atoms. The molecule has 4 rings (SSSR count). The lowest BCUT2D eigenvalue weighted by Gasteiger charge is -2.35. The first-order valence-electron chi connectivity index (χ1n) is 11.5. The number of carbonyl (C=O) groups is 2. The Labute approximate surface area is 209 Å².